The zero-order valence-corrected chi connectivity index (χ0v) is 15.9. The van der Waals surface area contributed by atoms with Crippen molar-refractivity contribution >= 4 is 23.2 Å². The van der Waals surface area contributed by atoms with Gasteiger partial charge in [-0.1, -0.05) is 23.2 Å². The van der Waals surface area contributed by atoms with Crippen LogP contribution in [0.3, 0.4) is 0 Å². The van der Waals surface area contributed by atoms with Gasteiger partial charge in [-0.2, -0.15) is 0 Å². The summed E-state index contributed by atoms with van der Waals surface area (Å²) >= 11 is 12.9. The third-order valence-electron chi connectivity index (χ3n) is 4.41. The van der Waals surface area contributed by atoms with E-state index in [1.54, 1.807) is 12.1 Å². The van der Waals surface area contributed by atoms with Gasteiger partial charge in [0.1, 0.15) is 0 Å². The number of rotatable bonds is 4. The van der Waals surface area contributed by atoms with Crippen molar-refractivity contribution in [2.24, 2.45) is 0 Å². The molecular formula is C19H17Cl2N3O2. The molecule has 1 aliphatic rings. The van der Waals surface area contributed by atoms with Gasteiger partial charge >= 0.3 is 0 Å². The normalized spacial score (nSPS) is 13.8. The molecule has 0 saturated heterocycles. The van der Waals surface area contributed by atoms with Crippen molar-refractivity contribution < 1.29 is 4.74 Å². The molecule has 4 rings (SSSR count). The average Bonchev–Trinajstić information content (AvgIpc) is 3.37. The van der Waals surface area contributed by atoms with Gasteiger partial charge in [-0.25, -0.2) is 4.68 Å². The Morgan fingerprint density at radius 2 is 1.65 bits per heavy atom. The van der Waals surface area contributed by atoms with Crippen molar-refractivity contribution in [2.45, 2.75) is 32.7 Å². The molecule has 0 spiro atoms. The Morgan fingerprint density at radius 3 is 2.23 bits per heavy atom. The van der Waals surface area contributed by atoms with Crippen molar-refractivity contribution in [1.29, 1.82) is 0 Å². The molecule has 5 nitrogen and oxygen atoms in total. The Balaban J connectivity index is 1.70. The number of nitrogens with zero attached hydrogens (tertiary/aromatic N) is 3. The molecule has 0 bridgehead atoms. The first-order valence-corrected chi connectivity index (χ1v) is 9.12. The Labute approximate surface area is 160 Å². The minimum Gasteiger partial charge on any atom is -0.434 e. The van der Waals surface area contributed by atoms with Gasteiger partial charge in [-0.3, -0.25) is 4.79 Å². The summed E-state index contributed by atoms with van der Waals surface area (Å²) in [6, 6.07) is 10.8. The molecule has 2 aromatic heterocycles. The highest BCUT2D eigenvalue weighted by molar-refractivity contribution is 6.37. The minimum absolute atomic E-state index is 0.133. The van der Waals surface area contributed by atoms with Crippen LogP contribution in [0, 0.1) is 13.8 Å². The van der Waals surface area contributed by atoms with Crippen LogP contribution in [-0.2, 0) is 0 Å². The van der Waals surface area contributed by atoms with Crippen molar-refractivity contribution in [1.82, 2.24) is 14.3 Å². The first-order valence-electron chi connectivity index (χ1n) is 8.36. The first kappa shape index (κ1) is 17.2. The highest BCUT2D eigenvalue weighted by Crippen LogP contribution is 2.39. The molecule has 3 aromatic rings. The van der Waals surface area contributed by atoms with Crippen LogP contribution < -0.4 is 10.3 Å². The second kappa shape index (κ2) is 6.49. The molecule has 7 heteroatoms. The number of ether oxygens (including phenoxy) is 1. The number of aryl methyl sites for hydroxylation is 2. The highest BCUT2D eigenvalue weighted by Gasteiger charge is 2.26. The fourth-order valence-electron chi connectivity index (χ4n) is 3.00. The maximum absolute atomic E-state index is 11.9. The molecule has 2 heterocycles. The van der Waals surface area contributed by atoms with Crippen molar-refractivity contribution in [2.75, 3.05) is 0 Å². The fourth-order valence-corrected chi connectivity index (χ4v) is 3.55. The van der Waals surface area contributed by atoms with Crippen LogP contribution in [0.4, 0.5) is 0 Å². The third kappa shape index (κ3) is 3.13. The van der Waals surface area contributed by atoms with Gasteiger partial charge in [0.05, 0.1) is 16.1 Å². The zero-order valence-electron chi connectivity index (χ0n) is 14.4. The van der Waals surface area contributed by atoms with Crippen molar-refractivity contribution in [3.8, 4) is 17.3 Å². The first-order chi connectivity index (χ1) is 12.4. The predicted octanol–water partition coefficient (Wildman–Crippen LogP) is 5.08. The minimum atomic E-state index is -0.133. The maximum Gasteiger partial charge on any atom is 0.267 e. The lowest BCUT2D eigenvalue weighted by Gasteiger charge is -2.14. The molecule has 1 fully saturated rings. The van der Waals surface area contributed by atoms with E-state index in [0.29, 0.717) is 21.7 Å². The summed E-state index contributed by atoms with van der Waals surface area (Å²) in [6.07, 6.45) is 1.92. The van der Waals surface area contributed by atoms with Crippen molar-refractivity contribution in [3.63, 3.8) is 0 Å². The smallest absolute Gasteiger partial charge is 0.267 e. The van der Waals surface area contributed by atoms with Crippen LogP contribution in [0.1, 0.15) is 30.3 Å². The lowest BCUT2D eigenvalue weighted by atomic mass is 10.2. The van der Waals surface area contributed by atoms with E-state index in [9.17, 15) is 4.79 Å². The Hall–Kier alpha value is -2.24. The molecule has 0 amide bonds. The summed E-state index contributed by atoms with van der Waals surface area (Å²) < 4.78 is 9.32. The Kier molecular flexibility index (Phi) is 4.29. The number of benzene rings is 1. The fraction of sp³-hybridized carbons (Fsp3) is 0.263. The summed E-state index contributed by atoms with van der Waals surface area (Å²) in [6.45, 7) is 4.04. The Morgan fingerprint density at radius 1 is 1.04 bits per heavy atom. The van der Waals surface area contributed by atoms with E-state index in [1.807, 2.05) is 26.0 Å². The van der Waals surface area contributed by atoms with Gasteiger partial charge in [-0.05, 0) is 51.0 Å². The molecule has 0 unspecified atom stereocenters. The van der Waals surface area contributed by atoms with Crippen LogP contribution >= 0.6 is 23.2 Å². The lowest BCUT2D eigenvalue weighted by molar-refractivity contribution is 0.430. The zero-order chi connectivity index (χ0) is 18.4. The summed E-state index contributed by atoms with van der Waals surface area (Å²) in [5.74, 6) is 0.620. The SMILES string of the molecule is Cc1ccc(C)n1-c1cc(Cl)c(Oc2ccc(=O)n(C3CC3)n2)c(Cl)c1. The number of hydrogen-bond acceptors (Lipinski definition) is 3. The van der Waals surface area contributed by atoms with Crippen LogP contribution in [-0.4, -0.2) is 14.3 Å². The highest BCUT2D eigenvalue weighted by atomic mass is 35.5. The largest absolute Gasteiger partial charge is 0.434 e. The van der Waals surface area contributed by atoms with Gasteiger partial charge in [0.15, 0.2) is 5.75 Å². The van der Waals surface area contributed by atoms with Crippen LogP contribution in [0.15, 0.2) is 41.2 Å². The Bertz CT molecular complexity index is 1010. The van der Waals surface area contributed by atoms with E-state index >= 15 is 0 Å². The second-order valence-electron chi connectivity index (χ2n) is 6.48. The van der Waals surface area contributed by atoms with Gasteiger partial charge in [0, 0.05) is 29.2 Å². The number of aromatic nitrogens is 3. The van der Waals surface area contributed by atoms with Crippen LogP contribution in [0.2, 0.25) is 10.0 Å². The van der Waals surface area contributed by atoms with E-state index in [0.717, 1.165) is 29.9 Å². The molecule has 1 aliphatic carbocycles. The molecule has 0 N–H and O–H groups in total. The molecular weight excluding hydrogens is 373 g/mol. The molecule has 0 atom stereocenters. The standard InChI is InChI=1S/C19H17Cl2N3O2/c1-11-3-4-12(2)23(11)14-9-15(20)19(16(21)10-14)26-17-7-8-18(25)24(22-17)13-5-6-13/h3-4,7-10,13H,5-6H2,1-2H3. The van der Waals surface area contributed by atoms with Crippen LogP contribution in [0.5, 0.6) is 11.6 Å². The number of hydrogen-bond donors (Lipinski definition) is 0. The molecule has 1 saturated carbocycles. The molecule has 1 aromatic carbocycles. The topological polar surface area (TPSA) is 49.0 Å². The molecule has 134 valence electrons. The average molecular weight is 390 g/mol. The lowest BCUT2D eigenvalue weighted by Crippen LogP contribution is -2.20. The maximum atomic E-state index is 11.9. The quantitative estimate of drug-likeness (QED) is 0.624. The van der Waals surface area contributed by atoms with E-state index in [4.69, 9.17) is 27.9 Å². The number of halogens is 2. The van der Waals surface area contributed by atoms with Gasteiger partial charge in [-0.15, -0.1) is 5.10 Å². The van der Waals surface area contributed by atoms with Gasteiger partial charge in [0.2, 0.25) is 5.88 Å². The van der Waals surface area contributed by atoms with E-state index < -0.39 is 0 Å². The van der Waals surface area contributed by atoms with E-state index in [2.05, 4.69) is 9.67 Å². The van der Waals surface area contributed by atoms with Crippen LogP contribution in [0.25, 0.3) is 5.69 Å². The molecule has 0 aliphatic heterocycles. The van der Waals surface area contributed by atoms with Crippen molar-refractivity contribution in [3.05, 3.63) is 68.2 Å². The summed E-state index contributed by atoms with van der Waals surface area (Å²) in [7, 11) is 0. The molecule has 26 heavy (non-hydrogen) atoms. The second-order valence-corrected chi connectivity index (χ2v) is 7.29. The predicted molar refractivity (Wildman–Crippen MR) is 102 cm³/mol. The third-order valence-corrected chi connectivity index (χ3v) is 4.97. The monoisotopic (exact) mass is 389 g/mol. The van der Waals surface area contributed by atoms with E-state index in [1.165, 1.54) is 16.8 Å². The van der Waals surface area contributed by atoms with E-state index in [-0.39, 0.29) is 11.6 Å². The summed E-state index contributed by atoms with van der Waals surface area (Å²) in [5, 5.41) is 5.03. The summed E-state index contributed by atoms with van der Waals surface area (Å²) in [4.78, 5) is 11.9. The van der Waals surface area contributed by atoms with Gasteiger partial charge < -0.3 is 9.30 Å². The molecule has 0 radical (unpaired) electrons. The van der Waals surface area contributed by atoms with Gasteiger partial charge in [0.25, 0.3) is 5.56 Å². The summed E-state index contributed by atoms with van der Waals surface area (Å²) in [5.41, 5.74) is 2.90.